The first-order valence-electron chi connectivity index (χ1n) is 15.9. The summed E-state index contributed by atoms with van der Waals surface area (Å²) in [5, 5.41) is 14.8. The highest BCUT2D eigenvalue weighted by atomic mass is 15.0. The third-order valence-corrected chi connectivity index (χ3v) is 9.38. The predicted octanol–water partition coefficient (Wildman–Crippen LogP) is 11.6. The van der Waals surface area contributed by atoms with Crippen LogP contribution in [0.1, 0.15) is 5.56 Å². The topological polar surface area (TPSA) is 38.0 Å². The Morgan fingerprint density at radius 3 is 1.50 bits per heavy atom. The van der Waals surface area contributed by atoms with Gasteiger partial charge in [0.1, 0.15) is 0 Å². The highest BCUT2D eigenvalue weighted by Gasteiger charge is 2.21. The van der Waals surface area contributed by atoms with Crippen molar-refractivity contribution in [1.82, 2.24) is 9.13 Å². The Labute approximate surface area is 277 Å². The van der Waals surface area contributed by atoms with Gasteiger partial charge in [-0.25, -0.2) is 4.85 Å². The molecule has 0 spiro atoms. The number of nitrogens with zero attached hydrogens (tertiary/aromatic N) is 4. The molecule has 0 aliphatic carbocycles. The zero-order valence-electron chi connectivity index (χ0n) is 25.8. The Balaban J connectivity index is 1.28. The van der Waals surface area contributed by atoms with Gasteiger partial charge in [-0.2, -0.15) is 5.26 Å². The van der Waals surface area contributed by atoms with Crippen molar-refractivity contribution in [3.8, 4) is 39.7 Å². The van der Waals surface area contributed by atoms with Gasteiger partial charge in [-0.1, -0.05) is 103 Å². The standard InChI is InChI=1S/C44H26N4/c1-46-38-27-29(28-45)26-37(30-22-24-31(25-23-30)47-39-17-7-2-12-32(39)33-13-3-8-18-40(33)47)44(38)36-16-6-11-21-43(36)48-41-19-9-4-14-34(41)35-15-5-10-20-42(35)48/h2-27H. The molecule has 2 heterocycles. The van der Waals surface area contributed by atoms with E-state index >= 15 is 0 Å². The fourth-order valence-electron chi connectivity index (χ4n) is 7.34. The van der Waals surface area contributed by atoms with Crippen LogP contribution < -0.4 is 0 Å². The van der Waals surface area contributed by atoms with E-state index in [1.807, 2.05) is 18.2 Å². The van der Waals surface area contributed by atoms with Gasteiger partial charge in [-0.05, 0) is 76.9 Å². The smallest absolute Gasteiger partial charge is 0.196 e. The molecule has 0 radical (unpaired) electrons. The summed E-state index contributed by atoms with van der Waals surface area (Å²) in [5.74, 6) is 0. The fourth-order valence-corrected chi connectivity index (χ4v) is 7.34. The van der Waals surface area contributed by atoms with E-state index in [0.717, 1.165) is 55.7 Å². The van der Waals surface area contributed by atoms with Crippen LogP contribution in [0.4, 0.5) is 5.69 Å². The van der Waals surface area contributed by atoms with Crippen molar-refractivity contribution in [2.45, 2.75) is 0 Å². The van der Waals surface area contributed by atoms with Gasteiger partial charge in [-0.15, -0.1) is 0 Å². The number of para-hydroxylation sites is 5. The summed E-state index contributed by atoms with van der Waals surface area (Å²) in [5.41, 5.74) is 11.0. The number of nitriles is 1. The van der Waals surface area contributed by atoms with Crippen LogP contribution in [0.2, 0.25) is 0 Å². The summed E-state index contributed by atoms with van der Waals surface area (Å²) in [6.45, 7) is 8.26. The number of hydrogen-bond donors (Lipinski definition) is 0. The van der Waals surface area contributed by atoms with Crippen molar-refractivity contribution in [3.63, 3.8) is 0 Å². The summed E-state index contributed by atoms with van der Waals surface area (Å²) in [6.07, 6.45) is 0. The molecule has 0 aliphatic rings. The van der Waals surface area contributed by atoms with Crippen LogP contribution in [0.15, 0.2) is 158 Å². The van der Waals surface area contributed by atoms with Crippen LogP contribution in [0.25, 0.3) is 82.1 Å². The number of aromatic nitrogens is 2. The van der Waals surface area contributed by atoms with Gasteiger partial charge in [0.05, 0.1) is 40.4 Å². The first-order chi connectivity index (χ1) is 23.7. The van der Waals surface area contributed by atoms with Crippen LogP contribution in [0.3, 0.4) is 0 Å². The molecule has 9 rings (SSSR count). The molecule has 4 nitrogen and oxygen atoms in total. The number of rotatable bonds is 4. The van der Waals surface area contributed by atoms with Crippen LogP contribution in [-0.2, 0) is 0 Å². The predicted molar refractivity (Wildman–Crippen MR) is 197 cm³/mol. The van der Waals surface area contributed by atoms with Gasteiger partial charge in [0.2, 0.25) is 0 Å². The summed E-state index contributed by atoms with van der Waals surface area (Å²) in [7, 11) is 0. The van der Waals surface area contributed by atoms with E-state index < -0.39 is 0 Å². The summed E-state index contributed by atoms with van der Waals surface area (Å²) < 4.78 is 4.59. The molecule has 7 aromatic carbocycles. The van der Waals surface area contributed by atoms with E-state index in [9.17, 15) is 5.26 Å². The molecule has 0 amide bonds. The first-order valence-corrected chi connectivity index (χ1v) is 15.9. The van der Waals surface area contributed by atoms with Crippen LogP contribution in [0, 0.1) is 17.9 Å². The maximum absolute atomic E-state index is 10.0. The lowest BCUT2D eigenvalue weighted by Gasteiger charge is -2.19. The Morgan fingerprint density at radius 1 is 0.500 bits per heavy atom. The van der Waals surface area contributed by atoms with Gasteiger partial charge in [0.25, 0.3) is 0 Å². The number of fused-ring (bicyclic) bond motifs is 6. The number of benzene rings is 7. The lowest BCUT2D eigenvalue weighted by Crippen LogP contribution is -1.99. The summed E-state index contributed by atoms with van der Waals surface area (Å²) >= 11 is 0. The zero-order valence-corrected chi connectivity index (χ0v) is 25.8. The largest absolute Gasteiger partial charge is 0.309 e. The van der Waals surface area contributed by atoms with Crippen molar-refractivity contribution < 1.29 is 0 Å². The molecule has 222 valence electrons. The average Bonchev–Trinajstić information content (AvgIpc) is 3.67. The normalized spacial score (nSPS) is 11.3. The molecule has 0 saturated carbocycles. The van der Waals surface area contributed by atoms with Gasteiger partial charge in [0.15, 0.2) is 5.69 Å². The Bertz CT molecular complexity index is 2690. The molecule has 0 aliphatic heterocycles. The second-order valence-corrected chi connectivity index (χ2v) is 11.9. The quantitative estimate of drug-likeness (QED) is 0.183. The van der Waals surface area contributed by atoms with Crippen molar-refractivity contribution in [1.29, 1.82) is 5.26 Å². The lowest BCUT2D eigenvalue weighted by atomic mass is 9.90. The van der Waals surface area contributed by atoms with Crippen LogP contribution >= 0.6 is 0 Å². The second-order valence-electron chi connectivity index (χ2n) is 11.9. The molecule has 48 heavy (non-hydrogen) atoms. The van der Waals surface area contributed by atoms with E-state index in [-0.39, 0.29) is 0 Å². The molecular weight excluding hydrogens is 585 g/mol. The van der Waals surface area contributed by atoms with E-state index in [1.165, 1.54) is 21.5 Å². The molecule has 2 aromatic heterocycles. The minimum absolute atomic E-state index is 0.448. The van der Waals surface area contributed by atoms with E-state index in [4.69, 9.17) is 6.57 Å². The molecule has 0 atom stereocenters. The SMILES string of the molecule is [C-]#[N+]c1cc(C#N)cc(-c2ccc(-n3c4ccccc4c4ccccc43)cc2)c1-c1ccccc1-n1c2ccccc2c2ccccc21. The van der Waals surface area contributed by atoms with Gasteiger partial charge in [0, 0.05) is 32.8 Å². The molecule has 4 heteroatoms. The minimum Gasteiger partial charge on any atom is -0.309 e. The van der Waals surface area contributed by atoms with Gasteiger partial charge < -0.3 is 9.13 Å². The minimum atomic E-state index is 0.448. The molecule has 9 aromatic rings. The maximum Gasteiger partial charge on any atom is 0.196 e. The first kappa shape index (κ1) is 27.4. The molecular formula is C44H26N4. The monoisotopic (exact) mass is 610 g/mol. The van der Waals surface area contributed by atoms with Gasteiger partial charge >= 0.3 is 0 Å². The third kappa shape index (κ3) is 4.07. The molecule has 0 fully saturated rings. The zero-order chi connectivity index (χ0) is 32.2. The summed E-state index contributed by atoms with van der Waals surface area (Å²) in [4.78, 5) is 4.00. The molecule has 0 N–H and O–H groups in total. The van der Waals surface area contributed by atoms with E-state index in [2.05, 4.69) is 154 Å². The molecule has 0 unspecified atom stereocenters. The third-order valence-electron chi connectivity index (χ3n) is 9.38. The van der Waals surface area contributed by atoms with Crippen molar-refractivity contribution in [3.05, 3.63) is 175 Å². The second kappa shape index (κ2) is 10.9. The van der Waals surface area contributed by atoms with E-state index in [1.54, 1.807) is 6.07 Å². The Hall–Kier alpha value is -6.88. The lowest BCUT2D eigenvalue weighted by molar-refractivity contribution is 1.18. The average molecular weight is 611 g/mol. The van der Waals surface area contributed by atoms with Crippen LogP contribution in [-0.4, -0.2) is 9.13 Å². The molecule has 0 bridgehead atoms. The highest BCUT2D eigenvalue weighted by molar-refractivity contribution is 6.11. The maximum atomic E-state index is 10.0. The molecule has 0 saturated heterocycles. The van der Waals surface area contributed by atoms with Gasteiger partial charge in [-0.3, -0.25) is 0 Å². The van der Waals surface area contributed by atoms with Crippen molar-refractivity contribution in [2.75, 3.05) is 0 Å². The number of hydrogen-bond acceptors (Lipinski definition) is 1. The fraction of sp³-hybridized carbons (Fsp3) is 0. The van der Waals surface area contributed by atoms with Crippen LogP contribution in [0.5, 0.6) is 0 Å². The van der Waals surface area contributed by atoms with Crippen molar-refractivity contribution >= 4 is 49.3 Å². The Kier molecular flexibility index (Phi) is 6.22. The summed E-state index contributed by atoms with van der Waals surface area (Å²) in [6, 6.07) is 56.5. The Morgan fingerprint density at radius 2 is 0.979 bits per heavy atom. The highest BCUT2D eigenvalue weighted by Crippen LogP contribution is 2.45. The van der Waals surface area contributed by atoms with Crippen molar-refractivity contribution in [2.24, 2.45) is 0 Å². The van der Waals surface area contributed by atoms with E-state index in [0.29, 0.717) is 11.3 Å².